The molecular weight excluding hydrogens is 379 g/mol. The molecule has 0 aliphatic rings. The lowest BCUT2D eigenvalue weighted by atomic mass is 9.90. The first-order valence-electron chi connectivity index (χ1n) is 8.66. The van der Waals surface area contributed by atoms with Gasteiger partial charge < -0.3 is 0 Å². The topological polar surface area (TPSA) is 49.3 Å². The molecule has 1 unspecified atom stereocenters. The Bertz CT molecular complexity index is 1030. The van der Waals surface area contributed by atoms with Crippen LogP contribution in [-0.2, 0) is 11.0 Å². The standard InChI is InChI=1S/C23H16F3NO2/c24-23(25,26)20-14-10-17(11-15-20)7-6-16-8-12-19(13-9-16)21(22(28)27-29)18-4-2-1-3-5-18/h1-5,8-15,21,29H,(H,27,28). The maximum Gasteiger partial charge on any atom is 0.416 e. The summed E-state index contributed by atoms with van der Waals surface area (Å²) >= 11 is 0. The molecule has 1 atom stereocenters. The smallest absolute Gasteiger partial charge is 0.289 e. The van der Waals surface area contributed by atoms with E-state index in [1.54, 1.807) is 54.0 Å². The summed E-state index contributed by atoms with van der Waals surface area (Å²) in [5.41, 5.74) is 3.47. The summed E-state index contributed by atoms with van der Waals surface area (Å²) in [6.45, 7) is 0. The van der Waals surface area contributed by atoms with E-state index in [0.717, 1.165) is 17.7 Å². The molecule has 0 heterocycles. The Morgan fingerprint density at radius 3 is 1.76 bits per heavy atom. The minimum atomic E-state index is -4.38. The predicted octanol–water partition coefficient (Wildman–Crippen LogP) is 4.74. The van der Waals surface area contributed by atoms with Gasteiger partial charge in [0, 0.05) is 11.1 Å². The van der Waals surface area contributed by atoms with E-state index in [0.29, 0.717) is 16.7 Å². The van der Waals surface area contributed by atoms with Crippen molar-refractivity contribution < 1.29 is 23.2 Å². The van der Waals surface area contributed by atoms with Gasteiger partial charge in [-0.3, -0.25) is 10.0 Å². The van der Waals surface area contributed by atoms with E-state index in [-0.39, 0.29) is 0 Å². The first-order valence-corrected chi connectivity index (χ1v) is 8.66. The molecule has 0 aliphatic carbocycles. The summed E-state index contributed by atoms with van der Waals surface area (Å²) in [6, 6.07) is 20.5. The number of hydrogen-bond donors (Lipinski definition) is 2. The van der Waals surface area contributed by atoms with Crippen LogP contribution in [0.25, 0.3) is 0 Å². The van der Waals surface area contributed by atoms with Gasteiger partial charge in [0.1, 0.15) is 0 Å². The van der Waals surface area contributed by atoms with Crippen molar-refractivity contribution in [1.29, 1.82) is 0 Å². The van der Waals surface area contributed by atoms with Gasteiger partial charge in [0.25, 0.3) is 5.91 Å². The third-order valence-corrected chi connectivity index (χ3v) is 4.31. The molecule has 0 aliphatic heterocycles. The molecule has 3 rings (SSSR count). The number of hydroxylamine groups is 1. The van der Waals surface area contributed by atoms with Gasteiger partial charge in [-0.15, -0.1) is 0 Å². The van der Waals surface area contributed by atoms with Crippen molar-refractivity contribution in [1.82, 2.24) is 5.48 Å². The molecule has 2 N–H and O–H groups in total. The summed E-state index contributed by atoms with van der Waals surface area (Å²) < 4.78 is 37.8. The van der Waals surface area contributed by atoms with E-state index in [9.17, 15) is 18.0 Å². The Hall–Kier alpha value is -3.56. The Balaban J connectivity index is 1.81. The maximum atomic E-state index is 12.6. The van der Waals surface area contributed by atoms with Crippen LogP contribution >= 0.6 is 0 Å². The van der Waals surface area contributed by atoms with Crippen LogP contribution in [0.5, 0.6) is 0 Å². The summed E-state index contributed by atoms with van der Waals surface area (Å²) in [7, 11) is 0. The van der Waals surface area contributed by atoms with Crippen LogP contribution in [0.1, 0.15) is 33.7 Å². The van der Waals surface area contributed by atoms with Crippen molar-refractivity contribution in [2.75, 3.05) is 0 Å². The van der Waals surface area contributed by atoms with Crippen LogP contribution in [0, 0.1) is 11.8 Å². The number of nitrogens with one attached hydrogen (secondary N) is 1. The highest BCUT2D eigenvalue weighted by molar-refractivity contribution is 5.86. The molecule has 6 heteroatoms. The molecule has 0 aromatic heterocycles. The summed E-state index contributed by atoms with van der Waals surface area (Å²) in [5.74, 6) is 4.47. The minimum absolute atomic E-state index is 0.462. The molecule has 1 amide bonds. The summed E-state index contributed by atoms with van der Waals surface area (Å²) in [4.78, 5) is 12.1. The number of halogens is 3. The van der Waals surface area contributed by atoms with Crippen molar-refractivity contribution >= 4 is 5.91 Å². The van der Waals surface area contributed by atoms with E-state index in [4.69, 9.17) is 5.21 Å². The maximum absolute atomic E-state index is 12.6. The molecule has 3 aromatic carbocycles. The van der Waals surface area contributed by atoms with Gasteiger partial charge in [0.05, 0.1) is 11.5 Å². The van der Waals surface area contributed by atoms with Gasteiger partial charge >= 0.3 is 6.18 Å². The molecule has 0 saturated heterocycles. The van der Waals surface area contributed by atoms with E-state index in [2.05, 4.69) is 11.8 Å². The van der Waals surface area contributed by atoms with Gasteiger partial charge in [0.2, 0.25) is 0 Å². The number of carbonyl (C=O) groups is 1. The van der Waals surface area contributed by atoms with Crippen LogP contribution in [0.2, 0.25) is 0 Å². The van der Waals surface area contributed by atoms with E-state index in [1.807, 2.05) is 6.07 Å². The second-order valence-electron chi connectivity index (χ2n) is 6.27. The monoisotopic (exact) mass is 395 g/mol. The molecule has 3 aromatic rings. The molecule has 29 heavy (non-hydrogen) atoms. The van der Waals surface area contributed by atoms with Gasteiger partial charge in [-0.05, 0) is 47.5 Å². The second-order valence-corrected chi connectivity index (χ2v) is 6.27. The highest BCUT2D eigenvalue weighted by atomic mass is 19.4. The summed E-state index contributed by atoms with van der Waals surface area (Å²) in [6.07, 6.45) is -4.38. The Morgan fingerprint density at radius 1 is 0.793 bits per heavy atom. The van der Waals surface area contributed by atoms with Crippen molar-refractivity contribution in [2.24, 2.45) is 0 Å². The Morgan fingerprint density at radius 2 is 1.28 bits per heavy atom. The molecule has 0 fully saturated rings. The molecule has 0 saturated carbocycles. The van der Waals surface area contributed by atoms with E-state index in [1.165, 1.54) is 12.1 Å². The fraction of sp³-hybridized carbons (Fsp3) is 0.0870. The highest BCUT2D eigenvalue weighted by Crippen LogP contribution is 2.29. The van der Waals surface area contributed by atoms with Crippen molar-refractivity contribution in [3.63, 3.8) is 0 Å². The average Bonchev–Trinajstić information content (AvgIpc) is 2.73. The van der Waals surface area contributed by atoms with Crippen molar-refractivity contribution in [3.8, 4) is 11.8 Å². The number of amides is 1. The lowest BCUT2D eigenvalue weighted by Gasteiger charge is -2.15. The lowest BCUT2D eigenvalue weighted by molar-refractivity contribution is -0.137. The third kappa shape index (κ3) is 5.03. The Labute approximate surface area is 165 Å². The minimum Gasteiger partial charge on any atom is -0.289 e. The number of hydrogen-bond acceptors (Lipinski definition) is 2. The van der Waals surface area contributed by atoms with Gasteiger partial charge in [-0.1, -0.05) is 54.3 Å². The van der Waals surface area contributed by atoms with Crippen LogP contribution in [0.15, 0.2) is 78.9 Å². The predicted molar refractivity (Wildman–Crippen MR) is 102 cm³/mol. The van der Waals surface area contributed by atoms with E-state index >= 15 is 0 Å². The quantitative estimate of drug-likeness (QED) is 0.382. The molecular formula is C23H16F3NO2. The molecule has 0 radical (unpaired) electrons. The molecule has 0 bridgehead atoms. The van der Waals surface area contributed by atoms with Crippen LogP contribution < -0.4 is 5.48 Å². The zero-order valence-corrected chi connectivity index (χ0v) is 15.1. The molecule has 3 nitrogen and oxygen atoms in total. The normalized spacial score (nSPS) is 11.9. The first kappa shape index (κ1) is 20.2. The lowest BCUT2D eigenvalue weighted by Crippen LogP contribution is -2.27. The first-order chi connectivity index (χ1) is 13.9. The fourth-order valence-electron chi connectivity index (χ4n) is 2.85. The number of benzene rings is 3. The van der Waals surface area contributed by atoms with E-state index < -0.39 is 23.6 Å². The number of carbonyl (C=O) groups excluding carboxylic acids is 1. The highest BCUT2D eigenvalue weighted by Gasteiger charge is 2.29. The zero-order valence-electron chi connectivity index (χ0n) is 15.1. The average molecular weight is 395 g/mol. The van der Waals surface area contributed by atoms with Gasteiger partial charge in [-0.2, -0.15) is 13.2 Å². The number of rotatable bonds is 3. The van der Waals surface area contributed by atoms with Crippen LogP contribution in [0.3, 0.4) is 0 Å². The van der Waals surface area contributed by atoms with Gasteiger partial charge in [0.15, 0.2) is 0 Å². The van der Waals surface area contributed by atoms with Gasteiger partial charge in [-0.25, -0.2) is 5.48 Å². The molecule has 146 valence electrons. The number of alkyl halides is 3. The van der Waals surface area contributed by atoms with Crippen LogP contribution in [-0.4, -0.2) is 11.1 Å². The second kappa shape index (κ2) is 8.63. The Kier molecular flexibility index (Phi) is 6.01. The zero-order chi connectivity index (χ0) is 20.9. The SMILES string of the molecule is O=C(NO)C(c1ccccc1)c1ccc(C#Cc2ccc(C(F)(F)F)cc2)cc1. The van der Waals surface area contributed by atoms with Crippen LogP contribution in [0.4, 0.5) is 13.2 Å². The fourth-order valence-corrected chi connectivity index (χ4v) is 2.85. The molecule has 0 spiro atoms. The summed E-state index contributed by atoms with van der Waals surface area (Å²) in [5, 5.41) is 9.07. The largest absolute Gasteiger partial charge is 0.416 e. The van der Waals surface area contributed by atoms with Crippen molar-refractivity contribution in [3.05, 3.63) is 107 Å². The van der Waals surface area contributed by atoms with Crippen molar-refractivity contribution in [2.45, 2.75) is 12.1 Å². The third-order valence-electron chi connectivity index (χ3n) is 4.31.